The van der Waals surface area contributed by atoms with Gasteiger partial charge >= 0.3 is 0 Å². The zero-order valence-corrected chi connectivity index (χ0v) is 12.5. The van der Waals surface area contributed by atoms with E-state index >= 15 is 0 Å². The molecule has 2 aromatic heterocycles. The Kier molecular flexibility index (Phi) is 3.79. The summed E-state index contributed by atoms with van der Waals surface area (Å²) in [5.41, 5.74) is 7.49. The number of amides is 2. The topological polar surface area (TPSA) is 108 Å². The molecule has 0 bridgehead atoms. The van der Waals surface area contributed by atoms with Gasteiger partial charge in [-0.15, -0.1) is 0 Å². The Morgan fingerprint density at radius 2 is 2.00 bits per heavy atom. The van der Waals surface area contributed by atoms with Crippen molar-refractivity contribution in [2.24, 2.45) is 12.8 Å². The van der Waals surface area contributed by atoms with E-state index in [0.717, 1.165) is 5.69 Å². The molecule has 8 nitrogen and oxygen atoms in total. The van der Waals surface area contributed by atoms with Gasteiger partial charge in [-0.05, 0) is 26.8 Å². The van der Waals surface area contributed by atoms with E-state index in [-0.39, 0.29) is 11.6 Å². The van der Waals surface area contributed by atoms with E-state index in [9.17, 15) is 9.59 Å². The van der Waals surface area contributed by atoms with E-state index in [2.05, 4.69) is 15.5 Å². The Bertz CT molecular complexity index is 713. The molecule has 0 aliphatic carbocycles. The van der Waals surface area contributed by atoms with Crippen LogP contribution in [-0.2, 0) is 13.6 Å². The van der Waals surface area contributed by atoms with E-state index in [1.54, 1.807) is 24.7 Å². The number of hydrogen-bond acceptors (Lipinski definition) is 4. The summed E-state index contributed by atoms with van der Waals surface area (Å²) in [5, 5.41) is 10.9. The largest absolute Gasteiger partial charge is 0.364 e. The summed E-state index contributed by atoms with van der Waals surface area (Å²) in [6, 6.07) is 1.69. The number of anilines is 1. The molecule has 0 aliphatic rings. The summed E-state index contributed by atoms with van der Waals surface area (Å²) >= 11 is 0. The van der Waals surface area contributed by atoms with E-state index in [1.807, 2.05) is 13.8 Å². The Balaban J connectivity index is 2.38. The molecule has 0 radical (unpaired) electrons. The van der Waals surface area contributed by atoms with Gasteiger partial charge in [0.1, 0.15) is 5.69 Å². The van der Waals surface area contributed by atoms with Crippen LogP contribution in [0.4, 0.5) is 5.69 Å². The Hall–Kier alpha value is -2.64. The molecule has 2 rings (SSSR count). The van der Waals surface area contributed by atoms with Gasteiger partial charge in [0.05, 0.1) is 17.1 Å². The maximum absolute atomic E-state index is 12.4. The van der Waals surface area contributed by atoms with Gasteiger partial charge in [0.2, 0.25) is 0 Å². The predicted molar refractivity (Wildman–Crippen MR) is 77.1 cm³/mol. The number of nitrogens with two attached hydrogens (primary N) is 1. The van der Waals surface area contributed by atoms with Crippen LogP contribution in [0.3, 0.4) is 0 Å². The number of rotatable bonds is 4. The van der Waals surface area contributed by atoms with Gasteiger partial charge in [-0.3, -0.25) is 19.0 Å². The maximum atomic E-state index is 12.4. The van der Waals surface area contributed by atoms with Crippen molar-refractivity contribution in [1.82, 2.24) is 19.6 Å². The Morgan fingerprint density at radius 1 is 1.33 bits per heavy atom. The molecule has 0 fully saturated rings. The number of nitrogens with one attached hydrogen (secondary N) is 1. The van der Waals surface area contributed by atoms with Gasteiger partial charge in [-0.25, -0.2) is 0 Å². The lowest BCUT2D eigenvalue weighted by Gasteiger charge is -2.07. The van der Waals surface area contributed by atoms with Gasteiger partial charge in [0.25, 0.3) is 11.8 Å². The minimum atomic E-state index is -0.686. The van der Waals surface area contributed by atoms with Crippen molar-refractivity contribution in [3.05, 3.63) is 28.8 Å². The summed E-state index contributed by atoms with van der Waals surface area (Å²) < 4.78 is 3.10. The number of aromatic nitrogens is 4. The van der Waals surface area contributed by atoms with E-state index in [1.165, 1.54) is 4.68 Å². The summed E-state index contributed by atoms with van der Waals surface area (Å²) in [6.07, 6.45) is 0. The molecule has 8 heteroatoms. The first kappa shape index (κ1) is 14.8. The molecule has 0 saturated heterocycles. The molecule has 3 N–H and O–H groups in total. The minimum Gasteiger partial charge on any atom is -0.364 e. The van der Waals surface area contributed by atoms with Gasteiger partial charge in [-0.2, -0.15) is 10.2 Å². The summed E-state index contributed by atoms with van der Waals surface area (Å²) in [4.78, 5) is 23.8. The second-order valence-corrected chi connectivity index (χ2v) is 4.74. The number of aryl methyl sites for hydroxylation is 3. The van der Waals surface area contributed by atoms with Crippen LogP contribution in [0.25, 0.3) is 0 Å². The molecule has 2 aromatic rings. The second-order valence-electron chi connectivity index (χ2n) is 4.74. The molecule has 0 atom stereocenters. The molecular weight excluding hydrogens is 272 g/mol. The molecule has 2 heterocycles. The zero-order valence-electron chi connectivity index (χ0n) is 12.5. The smallest absolute Gasteiger partial charge is 0.274 e. The van der Waals surface area contributed by atoms with Crippen LogP contribution < -0.4 is 11.1 Å². The van der Waals surface area contributed by atoms with Gasteiger partial charge < -0.3 is 11.1 Å². The van der Waals surface area contributed by atoms with Crippen LogP contribution in [0, 0.1) is 13.8 Å². The highest BCUT2D eigenvalue weighted by molar-refractivity contribution is 6.07. The van der Waals surface area contributed by atoms with E-state index in [4.69, 9.17) is 5.73 Å². The first-order chi connectivity index (χ1) is 9.85. The van der Waals surface area contributed by atoms with Crippen molar-refractivity contribution < 1.29 is 9.59 Å². The zero-order chi connectivity index (χ0) is 15.7. The lowest BCUT2D eigenvalue weighted by molar-refractivity contribution is 0.0995. The Morgan fingerprint density at radius 3 is 2.57 bits per heavy atom. The van der Waals surface area contributed by atoms with Crippen LogP contribution in [0.15, 0.2) is 6.07 Å². The van der Waals surface area contributed by atoms with Gasteiger partial charge in [-0.1, -0.05) is 0 Å². The molecule has 0 aromatic carbocycles. The van der Waals surface area contributed by atoms with Crippen molar-refractivity contribution in [1.29, 1.82) is 0 Å². The molecule has 0 spiro atoms. The number of carbonyl (C=O) groups is 2. The summed E-state index contributed by atoms with van der Waals surface area (Å²) in [5.74, 6) is -1.04. The third-order valence-electron chi connectivity index (χ3n) is 3.24. The minimum absolute atomic E-state index is 0.0441. The summed E-state index contributed by atoms with van der Waals surface area (Å²) in [6.45, 7) is 6.03. The van der Waals surface area contributed by atoms with Crippen LogP contribution in [-0.4, -0.2) is 31.4 Å². The average molecular weight is 290 g/mol. The second kappa shape index (κ2) is 5.39. The van der Waals surface area contributed by atoms with Crippen molar-refractivity contribution in [2.45, 2.75) is 27.3 Å². The molecule has 0 aliphatic heterocycles. The number of hydrogen-bond donors (Lipinski definition) is 2. The SMILES string of the molecule is CCn1nc(C)cc1C(=O)Nc1c(C(N)=O)nn(C)c1C. The van der Waals surface area contributed by atoms with E-state index < -0.39 is 5.91 Å². The van der Waals surface area contributed by atoms with Crippen LogP contribution in [0.5, 0.6) is 0 Å². The highest BCUT2D eigenvalue weighted by Gasteiger charge is 2.21. The average Bonchev–Trinajstić information content (AvgIpc) is 2.93. The van der Waals surface area contributed by atoms with E-state index in [0.29, 0.717) is 23.6 Å². The van der Waals surface area contributed by atoms with Crippen LogP contribution in [0.2, 0.25) is 0 Å². The lowest BCUT2D eigenvalue weighted by Crippen LogP contribution is -2.20. The molecule has 112 valence electrons. The van der Waals surface area contributed by atoms with Gasteiger partial charge in [0, 0.05) is 13.6 Å². The van der Waals surface area contributed by atoms with Crippen molar-refractivity contribution in [3.8, 4) is 0 Å². The quantitative estimate of drug-likeness (QED) is 0.859. The molecule has 0 saturated carbocycles. The van der Waals surface area contributed by atoms with Crippen molar-refractivity contribution >= 4 is 17.5 Å². The molecular formula is C13H18N6O2. The molecule has 21 heavy (non-hydrogen) atoms. The fourth-order valence-corrected chi connectivity index (χ4v) is 2.08. The number of carbonyl (C=O) groups excluding carboxylic acids is 2. The van der Waals surface area contributed by atoms with Crippen LogP contribution in [0.1, 0.15) is 39.3 Å². The normalized spacial score (nSPS) is 10.7. The van der Waals surface area contributed by atoms with Gasteiger partial charge in [0.15, 0.2) is 5.69 Å². The predicted octanol–water partition coefficient (Wildman–Crippen LogP) is 0.605. The standard InChI is InChI=1S/C13H18N6O2/c1-5-19-9(6-7(2)16-19)13(21)15-10-8(3)18(4)17-11(10)12(14)20/h6H,5H2,1-4H3,(H2,14,20)(H,15,21). The molecule has 0 unspecified atom stereocenters. The fourth-order valence-electron chi connectivity index (χ4n) is 2.08. The fraction of sp³-hybridized carbons (Fsp3) is 0.385. The third kappa shape index (κ3) is 2.64. The van der Waals surface area contributed by atoms with Crippen molar-refractivity contribution in [2.75, 3.05) is 5.32 Å². The first-order valence-corrected chi connectivity index (χ1v) is 6.54. The summed E-state index contributed by atoms with van der Waals surface area (Å²) in [7, 11) is 1.68. The van der Waals surface area contributed by atoms with Crippen LogP contribution >= 0.6 is 0 Å². The first-order valence-electron chi connectivity index (χ1n) is 6.54. The number of primary amides is 1. The Labute approximate surface area is 121 Å². The lowest BCUT2D eigenvalue weighted by atomic mass is 10.2. The highest BCUT2D eigenvalue weighted by Crippen LogP contribution is 2.20. The molecule has 2 amide bonds. The number of nitrogens with zero attached hydrogens (tertiary/aromatic N) is 4. The highest BCUT2D eigenvalue weighted by atomic mass is 16.2. The third-order valence-corrected chi connectivity index (χ3v) is 3.24. The monoisotopic (exact) mass is 290 g/mol. The van der Waals surface area contributed by atoms with Crippen molar-refractivity contribution in [3.63, 3.8) is 0 Å². The maximum Gasteiger partial charge on any atom is 0.274 e.